The van der Waals surface area contributed by atoms with Gasteiger partial charge >= 0.3 is 0 Å². The van der Waals surface area contributed by atoms with Gasteiger partial charge in [0.15, 0.2) is 5.78 Å². The average Bonchev–Trinajstić information content (AvgIpc) is 3.14. The number of benzene rings is 2. The third kappa shape index (κ3) is 3.83. The maximum Gasteiger partial charge on any atom is 0.253 e. The second kappa shape index (κ2) is 8.02. The van der Waals surface area contributed by atoms with Gasteiger partial charge in [-0.15, -0.1) is 5.10 Å². The first-order valence-electron chi connectivity index (χ1n) is 9.48. The summed E-state index contributed by atoms with van der Waals surface area (Å²) in [5.74, 6) is 1.33. The van der Waals surface area contributed by atoms with Gasteiger partial charge in [0.25, 0.3) is 5.78 Å². The van der Waals surface area contributed by atoms with Gasteiger partial charge in [-0.25, -0.2) is 9.50 Å². The molecule has 0 amide bonds. The van der Waals surface area contributed by atoms with E-state index in [-0.39, 0.29) is 11.7 Å². The first-order chi connectivity index (χ1) is 14.6. The summed E-state index contributed by atoms with van der Waals surface area (Å²) >= 11 is 13.7. The van der Waals surface area contributed by atoms with E-state index in [1.165, 1.54) is 11.8 Å². The predicted molar refractivity (Wildman–Crippen MR) is 119 cm³/mol. The van der Waals surface area contributed by atoms with Crippen molar-refractivity contribution in [1.82, 2.24) is 19.6 Å². The molecule has 1 aliphatic rings. The average molecular weight is 455 g/mol. The Bertz CT molecular complexity index is 1260. The number of Topliss-reactive ketones (excluding diaryl/α,β-unsaturated/α-hetero) is 1. The van der Waals surface area contributed by atoms with E-state index in [0.717, 1.165) is 21.8 Å². The van der Waals surface area contributed by atoms with Crippen LogP contribution < -0.4 is 0 Å². The van der Waals surface area contributed by atoms with Gasteiger partial charge in [0.05, 0.1) is 11.3 Å². The molecule has 2 aromatic carbocycles. The van der Waals surface area contributed by atoms with E-state index in [4.69, 9.17) is 23.2 Å². The van der Waals surface area contributed by atoms with E-state index in [1.54, 1.807) is 10.7 Å². The van der Waals surface area contributed by atoms with E-state index in [0.29, 0.717) is 40.1 Å². The van der Waals surface area contributed by atoms with E-state index in [9.17, 15) is 4.79 Å². The Kier molecular flexibility index (Phi) is 5.23. The Morgan fingerprint density at radius 3 is 2.63 bits per heavy atom. The van der Waals surface area contributed by atoms with Crippen molar-refractivity contribution in [2.75, 3.05) is 0 Å². The zero-order valence-electron chi connectivity index (χ0n) is 15.8. The van der Waals surface area contributed by atoms with Crippen LogP contribution in [0.4, 0.5) is 0 Å². The smallest absolute Gasteiger partial charge is 0.253 e. The Morgan fingerprint density at radius 1 is 1.03 bits per heavy atom. The van der Waals surface area contributed by atoms with Crippen LogP contribution in [0, 0.1) is 0 Å². The maximum atomic E-state index is 12.8. The van der Waals surface area contributed by atoms with Gasteiger partial charge < -0.3 is 0 Å². The van der Waals surface area contributed by atoms with Crippen LogP contribution in [0.15, 0.2) is 59.9 Å². The lowest BCUT2D eigenvalue weighted by Gasteiger charge is -2.23. The number of thioether (sulfide) groups is 1. The number of ketones is 1. The largest absolute Gasteiger partial charge is 0.294 e. The van der Waals surface area contributed by atoms with Gasteiger partial charge in [0.2, 0.25) is 5.16 Å². The van der Waals surface area contributed by atoms with Crippen molar-refractivity contribution in [2.45, 2.75) is 29.7 Å². The van der Waals surface area contributed by atoms with Crippen LogP contribution in [-0.4, -0.2) is 25.4 Å². The summed E-state index contributed by atoms with van der Waals surface area (Å²) in [5.41, 5.74) is 3.52. The number of halogens is 2. The second-order valence-corrected chi connectivity index (χ2v) is 8.99. The summed E-state index contributed by atoms with van der Waals surface area (Å²) in [5, 5.41) is 6.50. The highest BCUT2D eigenvalue weighted by Crippen LogP contribution is 2.33. The van der Waals surface area contributed by atoms with Crippen molar-refractivity contribution in [3.8, 4) is 0 Å². The number of aromatic nitrogens is 4. The molecule has 5 nitrogen and oxygen atoms in total. The summed E-state index contributed by atoms with van der Waals surface area (Å²) in [7, 11) is 0. The molecule has 1 aliphatic carbocycles. The number of hydrogen-bond acceptors (Lipinski definition) is 5. The molecular weight excluding hydrogens is 439 g/mol. The van der Waals surface area contributed by atoms with Crippen LogP contribution in [0.5, 0.6) is 0 Å². The zero-order valence-corrected chi connectivity index (χ0v) is 18.1. The maximum absolute atomic E-state index is 12.8. The van der Waals surface area contributed by atoms with Gasteiger partial charge in [-0.3, -0.25) is 4.79 Å². The fraction of sp³-hybridized carbons (Fsp3) is 0.182. The molecule has 1 atom stereocenters. The molecule has 0 N–H and O–H groups in total. The summed E-state index contributed by atoms with van der Waals surface area (Å²) in [6.07, 6.45) is 2.89. The summed E-state index contributed by atoms with van der Waals surface area (Å²) in [6, 6.07) is 15.4. The number of carbonyl (C=O) groups is 1. The van der Waals surface area contributed by atoms with Gasteiger partial charge in [-0.1, -0.05) is 65.3 Å². The minimum Gasteiger partial charge on any atom is -0.294 e. The third-order valence-electron chi connectivity index (χ3n) is 5.22. The molecule has 2 aromatic heterocycles. The third-order valence-corrected chi connectivity index (χ3v) is 6.73. The Labute approximate surface area is 187 Å². The number of hydrogen-bond donors (Lipinski definition) is 0. The molecular formula is C22H16Cl2N4OS. The Hall–Kier alpha value is -2.41. The standard InChI is InChI=1S/C22H16Cl2N4OS/c23-16-7-5-13(6-8-16)15-9-19-17(20(29)10-15)11-28-21(25-19)26-22(27-28)30-12-14-3-1-2-4-18(14)24/h1-8,11,15H,9-10,12H2/t15-/m0/s1. The first-order valence-corrected chi connectivity index (χ1v) is 11.2. The highest BCUT2D eigenvalue weighted by molar-refractivity contribution is 7.98. The van der Waals surface area contributed by atoms with Crippen LogP contribution in [0.2, 0.25) is 10.0 Å². The normalized spacial score (nSPS) is 16.1. The molecule has 8 heteroatoms. The van der Waals surface area contributed by atoms with E-state index in [1.807, 2.05) is 48.5 Å². The fourth-order valence-electron chi connectivity index (χ4n) is 3.65. The summed E-state index contributed by atoms with van der Waals surface area (Å²) in [4.78, 5) is 22.0. The minimum atomic E-state index is 0.0753. The van der Waals surface area contributed by atoms with Crippen molar-refractivity contribution in [3.05, 3.63) is 87.2 Å². The molecule has 0 saturated carbocycles. The highest BCUT2D eigenvalue weighted by Gasteiger charge is 2.28. The van der Waals surface area contributed by atoms with E-state index < -0.39 is 0 Å². The lowest BCUT2D eigenvalue weighted by atomic mass is 9.82. The number of nitrogens with zero attached hydrogens (tertiary/aromatic N) is 4. The van der Waals surface area contributed by atoms with Crippen LogP contribution in [0.3, 0.4) is 0 Å². The highest BCUT2D eigenvalue weighted by atomic mass is 35.5. The van der Waals surface area contributed by atoms with Crippen molar-refractivity contribution in [3.63, 3.8) is 0 Å². The molecule has 2 heterocycles. The summed E-state index contributed by atoms with van der Waals surface area (Å²) < 4.78 is 1.59. The molecule has 0 bridgehead atoms. The molecule has 0 unspecified atom stereocenters. The van der Waals surface area contributed by atoms with Crippen molar-refractivity contribution in [1.29, 1.82) is 0 Å². The number of carbonyl (C=O) groups excluding carboxylic acids is 1. The van der Waals surface area contributed by atoms with Crippen molar-refractivity contribution >= 4 is 46.5 Å². The molecule has 4 aromatic rings. The van der Waals surface area contributed by atoms with Crippen molar-refractivity contribution < 1.29 is 4.79 Å². The molecule has 0 aliphatic heterocycles. The number of fused-ring (bicyclic) bond motifs is 2. The van der Waals surface area contributed by atoms with Crippen LogP contribution in [-0.2, 0) is 12.2 Å². The van der Waals surface area contributed by atoms with Gasteiger partial charge in [-0.2, -0.15) is 4.98 Å². The van der Waals surface area contributed by atoms with Gasteiger partial charge in [0.1, 0.15) is 0 Å². The minimum absolute atomic E-state index is 0.0753. The van der Waals surface area contributed by atoms with E-state index >= 15 is 0 Å². The van der Waals surface area contributed by atoms with Gasteiger partial charge in [0, 0.05) is 28.4 Å². The Balaban J connectivity index is 1.41. The SMILES string of the molecule is O=C1C[C@@H](c2ccc(Cl)cc2)Cc2nc3nc(SCc4ccccc4Cl)nn3cc21. The van der Waals surface area contributed by atoms with Gasteiger partial charge in [-0.05, 0) is 41.7 Å². The first kappa shape index (κ1) is 19.5. The van der Waals surface area contributed by atoms with Crippen LogP contribution in [0.25, 0.3) is 5.78 Å². The molecule has 0 spiro atoms. The Morgan fingerprint density at radius 2 is 1.83 bits per heavy atom. The molecule has 5 rings (SSSR count). The lowest BCUT2D eigenvalue weighted by molar-refractivity contribution is 0.0962. The quantitative estimate of drug-likeness (QED) is 0.373. The van der Waals surface area contributed by atoms with Crippen molar-refractivity contribution in [2.24, 2.45) is 0 Å². The lowest BCUT2D eigenvalue weighted by Crippen LogP contribution is -2.21. The van der Waals surface area contributed by atoms with Crippen LogP contribution >= 0.6 is 35.0 Å². The van der Waals surface area contributed by atoms with Crippen LogP contribution in [0.1, 0.15) is 39.5 Å². The molecule has 0 saturated heterocycles. The molecule has 0 fully saturated rings. The molecule has 150 valence electrons. The predicted octanol–water partition coefficient (Wildman–Crippen LogP) is 5.64. The zero-order chi connectivity index (χ0) is 20.7. The second-order valence-electron chi connectivity index (χ2n) is 7.20. The topological polar surface area (TPSA) is 60.2 Å². The summed E-state index contributed by atoms with van der Waals surface area (Å²) in [6.45, 7) is 0. The monoisotopic (exact) mass is 454 g/mol. The molecule has 0 radical (unpaired) electrons. The number of rotatable bonds is 4. The van der Waals surface area contributed by atoms with E-state index in [2.05, 4.69) is 15.1 Å². The fourth-order valence-corrected chi connectivity index (χ4v) is 4.89. The molecule has 30 heavy (non-hydrogen) atoms.